The molecule has 1 N–H and O–H groups in total. The van der Waals surface area contributed by atoms with Gasteiger partial charge in [-0.1, -0.05) is 79.3 Å². The van der Waals surface area contributed by atoms with E-state index in [1.807, 2.05) is 48.5 Å². The third-order valence-electron chi connectivity index (χ3n) is 4.59. The van der Waals surface area contributed by atoms with Crippen LogP contribution in [0.25, 0.3) is 11.2 Å². The molecule has 0 amide bonds. The molecule has 0 bridgehead atoms. The Morgan fingerprint density at radius 1 is 0.967 bits per heavy atom. The van der Waals surface area contributed by atoms with E-state index in [9.17, 15) is 4.79 Å². The first-order valence-electron chi connectivity index (χ1n) is 9.96. The summed E-state index contributed by atoms with van der Waals surface area (Å²) in [7, 11) is 0. The van der Waals surface area contributed by atoms with Crippen LogP contribution in [0.1, 0.15) is 24.5 Å². The van der Waals surface area contributed by atoms with Crippen LogP contribution in [0.4, 0.5) is 5.82 Å². The fourth-order valence-corrected chi connectivity index (χ4v) is 3.80. The molecule has 2 aromatic heterocycles. The lowest BCUT2D eigenvalue weighted by molar-refractivity contribution is 0.763. The molecule has 152 valence electrons. The Labute approximate surface area is 179 Å². The number of nitrogens with zero attached hydrogens (tertiary/aromatic N) is 4. The fraction of sp³-hybridized carbons (Fsp3) is 0.217. The fourth-order valence-electron chi connectivity index (χ4n) is 3.11. The van der Waals surface area contributed by atoms with Crippen LogP contribution in [-0.4, -0.2) is 25.3 Å². The van der Waals surface area contributed by atoms with E-state index < -0.39 is 0 Å². The Bertz CT molecular complexity index is 1180. The van der Waals surface area contributed by atoms with Gasteiger partial charge in [-0.05, 0) is 17.5 Å². The first-order chi connectivity index (χ1) is 14.7. The highest BCUT2D eigenvalue weighted by Crippen LogP contribution is 2.23. The minimum absolute atomic E-state index is 0.175. The highest BCUT2D eigenvalue weighted by molar-refractivity contribution is 7.99. The van der Waals surface area contributed by atoms with E-state index in [0.29, 0.717) is 35.2 Å². The van der Waals surface area contributed by atoms with Gasteiger partial charge >= 0.3 is 0 Å². The summed E-state index contributed by atoms with van der Waals surface area (Å²) >= 11 is 1.59. The van der Waals surface area contributed by atoms with E-state index in [1.54, 1.807) is 16.3 Å². The van der Waals surface area contributed by atoms with E-state index in [0.717, 1.165) is 23.3 Å². The Balaban J connectivity index is 1.77. The Hall–Kier alpha value is -3.19. The summed E-state index contributed by atoms with van der Waals surface area (Å²) in [6.07, 6.45) is 2.36. The largest absolute Gasteiger partial charge is 0.364 e. The molecule has 0 saturated carbocycles. The van der Waals surface area contributed by atoms with Gasteiger partial charge in [0.05, 0.1) is 12.7 Å². The van der Waals surface area contributed by atoms with Crippen molar-refractivity contribution in [3.63, 3.8) is 0 Å². The molecule has 0 fully saturated rings. The van der Waals surface area contributed by atoms with Crippen molar-refractivity contribution in [1.82, 2.24) is 19.5 Å². The van der Waals surface area contributed by atoms with Gasteiger partial charge in [-0.2, -0.15) is 0 Å². The summed E-state index contributed by atoms with van der Waals surface area (Å²) < 4.78 is 1.67. The zero-order valence-corrected chi connectivity index (χ0v) is 17.6. The lowest BCUT2D eigenvalue weighted by Gasteiger charge is -2.14. The average molecular weight is 418 g/mol. The van der Waals surface area contributed by atoms with Crippen LogP contribution in [0.5, 0.6) is 0 Å². The van der Waals surface area contributed by atoms with E-state index in [1.165, 1.54) is 6.20 Å². The van der Waals surface area contributed by atoms with Crippen molar-refractivity contribution in [1.29, 1.82) is 0 Å². The third-order valence-corrected chi connectivity index (χ3v) is 5.65. The van der Waals surface area contributed by atoms with Gasteiger partial charge in [0.25, 0.3) is 5.56 Å². The Morgan fingerprint density at radius 2 is 1.67 bits per heavy atom. The standard InChI is InChI=1S/C23H23N5OS/c1-2-13-30-23-26-21(25-14-17-9-5-3-6-10-17)20-22(27-23)28(19(29)15-24-20)16-18-11-7-4-8-12-18/h3-12,15H,2,13-14,16H2,1H3,(H,25,26,27). The zero-order valence-electron chi connectivity index (χ0n) is 16.8. The van der Waals surface area contributed by atoms with E-state index in [2.05, 4.69) is 29.4 Å². The first-order valence-corrected chi connectivity index (χ1v) is 11.0. The maximum atomic E-state index is 12.7. The molecular formula is C23H23N5OS. The molecule has 0 unspecified atom stereocenters. The summed E-state index contributed by atoms with van der Waals surface area (Å²) in [5.41, 5.74) is 3.15. The number of thioether (sulfide) groups is 1. The van der Waals surface area contributed by atoms with Crippen molar-refractivity contribution in [2.24, 2.45) is 0 Å². The summed E-state index contributed by atoms with van der Waals surface area (Å²) in [5.74, 6) is 1.55. The van der Waals surface area contributed by atoms with Gasteiger partial charge in [0.2, 0.25) is 0 Å². The van der Waals surface area contributed by atoms with Crippen molar-refractivity contribution in [3.8, 4) is 0 Å². The topological polar surface area (TPSA) is 72.7 Å². The molecule has 0 aliphatic heterocycles. The van der Waals surface area contributed by atoms with Crippen LogP contribution in [0, 0.1) is 0 Å². The van der Waals surface area contributed by atoms with Gasteiger partial charge < -0.3 is 5.32 Å². The van der Waals surface area contributed by atoms with Gasteiger partial charge in [0, 0.05) is 12.3 Å². The van der Waals surface area contributed by atoms with Crippen molar-refractivity contribution in [3.05, 3.63) is 88.3 Å². The van der Waals surface area contributed by atoms with Crippen LogP contribution in [0.3, 0.4) is 0 Å². The van der Waals surface area contributed by atoms with Crippen molar-refractivity contribution in [2.75, 3.05) is 11.1 Å². The predicted octanol–water partition coefficient (Wildman–Crippen LogP) is 4.35. The molecule has 6 nitrogen and oxygen atoms in total. The lowest BCUT2D eigenvalue weighted by Crippen LogP contribution is -2.23. The number of rotatable bonds is 8. The minimum atomic E-state index is -0.175. The number of nitrogens with one attached hydrogen (secondary N) is 1. The average Bonchev–Trinajstić information content (AvgIpc) is 2.79. The SMILES string of the molecule is CCCSc1nc(NCc2ccccc2)c2ncc(=O)n(Cc3ccccc3)c2n1. The summed E-state index contributed by atoms with van der Waals surface area (Å²) in [6.45, 7) is 3.17. The van der Waals surface area contributed by atoms with Gasteiger partial charge in [0.15, 0.2) is 16.6 Å². The summed E-state index contributed by atoms with van der Waals surface area (Å²) in [4.78, 5) is 26.4. The zero-order chi connectivity index (χ0) is 20.8. The van der Waals surface area contributed by atoms with Crippen LogP contribution in [0.15, 0.2) is 76.8 Å². The number of hydrogen-bond donors (Lipinski definition) is 1. The predicted molar refractivity (Wildman–Crippen MR) is 122 cm³/mol. The summed E-state index contributed by atoms with van der Waals surface area (Å²) in [6, 6.07) is 20.0. The highest BCUT2D eigenvalue weighted by atomic mass is 32.2. The Morgan fingerprint density at radius 3 is 2.37 bits per heavy atom. The second kappa shape index (κ2) is 9.54. The highest BCUT2D eigenvalue weighted by Gasteiger charge is 2.14. The smallest absolute Gasteiger partial charge is 0.270 e. The normalized spacial score (nSPS) is 11.0. The molecule has 0 atom stereocenters. The van der Waals surface area contributed by atoms with Crippen LogP contribution in [0.2, 0.25) is 0 Å². The maximum Gasteiger partial charge on any atom is 0.270 e. The van der Waals surface area contributed by atoms with E-state index >= 15 is 0 Å². The van der Waals surface area contributed by atoms with E-state index in [4.69, 9.17) is 9.97 Å². The molecule has 0 radical (unpaired) electrons. The number of fused-ring (bicyclic) bond motifs is 1. The molecule has 4 aromatic rings. The summed E-state index contributed by atoms with van der Waals surface area (Å²) in [5, 5.41) is 4.04. The lowest BCUT2D eigenvalue weighted by atomic mass is 10.2. The molecule has 0 aliphatic rings. The van der Waals surface area contributed by atoms with Gasteiger partial charge in [-0.25, -0.2) is 15.0 Å². The van der Waals surface area contributed by atoms with E-state index in [-0.39, 0.29) is 5.56 Å². The Kier molecular flexibility index (Phi) is 6.39. The minimum Gasteiger partial charge on any atom is -0.364 e. The van der Waals surface area contributed by atoms with Crippen molar-refractivity contribution >= 4 is 28.7 Å². The van der Waals surface area contributed by atoms with Crippen LogP contribution in [-0.2, 0) is 13.1 Å². The van der Waals surface area contributed by atoms with Gasteiger partial charge in [-0.15, -0.1) is 0 Å². The second-order valence-corrected chi connectivity index (χ2v) is 7.94. The molecule has 30 heavy (non-hydrogen) atoms. The van der Waals surface area contributed by atoms with Crippen LogP contribution >= 0.6 is 11.8 Å². The molecule has 0 aliphatic carbocycles. The first kappa shape index (κ1) is 20.1. The third kappa shape index (κ3) is 4.68. The molecule has 4 rings (SSSR count). The van der Waals surface area contributed by atoms with Gasteiger partial charge in [-0.3, -0.25) is 9.36 Å². The number of anilines is 1. The molecule has 2 heterocycles. The molecule has 7 heteroatoms. The quantitative estimate of drug-likeness (QED) is 0.339. The molecular weight excluding hydrogens is 394 g/mol. The van der Waals surface area contributed by atoms with Crippen molar-refractivity contribution in [2.45, 2.75) is 31.6 Å². The van der Waals surface area contributed by atoms with Crippen LogP contribution < -0.4 is 10.9 Å². The molecule has 2 aromatic carbocycles. The number of hydrogen-bond acceptors (Lipinski definition) is 6. The number of benzene rings is 2. The maximum absolute atomic E-state index is 12.7. The molecule has 0 saturated heterocycles. The van der Waals surface area contributed by atoms with Gasteiger partial charge in [0.1, 0.15) is 5.52 Å². The second-order valence-electron chi connectivity index (χ2n) is 6.88. The molecule has 0 spiro atoms. The van der Waals surface area contributed by atoms with Crippen molar-refractivity contribution < 1.29 is 0 Å². The number of aromatic nitrogens is 4. The monoisotopic (exact) mass is 417 g/mol.